The summed E-state index contributed by atoms with van der Waals surface area (Å²) in [6, 6.07) is 12.2. The summed E-state index contributed by atoms with van der Waals surface area (Å²) in [7, 11) is 0. The first-order valence-corrected chi connectivity index (χ1v) is 9.64. The molecule has 4 rings (SSSR count). The molecule has 2 bridgehead atoms. The second-order valence-corrected chi connectivity index (χ2v) is 7.88. The van der Waals surface area contributed by atoms with Crippen molar-refractivity contribution in [3.8, 4) is 11.8 Å². The first kappa shape index (κ1) is 18.0. The van der Waals surface area contributed by atoms with Gasteiger partial charge in [0.2, 0.25) is 0 Å². The van der Waals surface area contributed by atoms with Gasteiger partial charge in [-0.15, -0.1) is 0 Å². The zero-order valence-corrected chi connectivity index (χ0v) is 15.9. The molecule has 1 aromatic carbocycles. The first-order chi connectivity index (χ1) is 13.0. The molecule has 1 aromatic heterocycles. The Labute approximate surface area is 159 Å². The van der Waals surface area contributed by atoms with E-state index >= 15 is 0 Å². The third-order valence-electron chi connectivity index (χ3n) is 6.17. The van der Waals surface area contributed by atoms with Crippen molar-refractivity contribution in [2.24, 2.45) is 0 Å². The van der Waals surface area contributed by atoms with Crippen molar-refractivity contribution in [2.75, 3.05) is 6.54 Å². The Morgan fingerprint density at radius 1 is 1.19 bits per heavy atom. The molecule has 140 valence electrons. The lowest BCUT2D eigenvalue weighted by atomic mass is 9.99. The van der Waals surface area contributed by atoms with Crippen LogP contribution < -0.4 is 0 Å². The van der Waals surface area contributed by atoms with E-state index in [1.54, 1.807) is 12.1 Å². The van der Waals surface area contributed by atoms with Crippen LogP contribution in [0.5, 0.6) is 0 Å². The van der Waals surface area contributed by atoms with E-state index in [0.717, 1.165) is 48.3 Å². The molecular weight excluding hydrogens is 338 g/mol. The summed E-state index contributed by atoms with van der Waals surface area (Å²) in [5, 5.41) is 19.0. The molecule has 3 heterocycles. The van der Waals surface area contributed by atoms with E-state index in [1.807, 2.05) is 32.0 Å². The largest absolute Gasteiger partial charge is 0.393 e. The number of hydrogen-bond acceptors (Lipinski definition) is 4. The second-order valence-electron chi connectivity index (χ2n) is 7.88. The third-order valence-corrected chi connectivity index (χ3v) is 6.17. The molecule has 2 aliphatic heterocycles. The van der Waals surface area contributed by atoms with E-state index in [0.29, 0.717) is 24.2 Å². The smallest absolute Gasteiger partial charge is 0.178 e. The van der Waals surface area contributed by atoms with Crippen LogP contribution in [0.4, 0.5) is 0 Å². The highest BCUT2D eigenvalue weighted by atomic mass is 16.3. The third kappa shape index (κ3) is 3.20. The van der Waals surface area contributed by atoms with Gasteiger partial charge in [-0.1, -0.05) is 0 Å². The van der Waals surface area contributed by atoms with Gasteiger partial charge in [0.15, 0.2) is 5.78 Å². The monoisotopic (exact) mass is 363 g/mol. The van der Waals surface area contributed by atoms with Crippen molar-refractivity contribution < 1.29 is 9.90 Å². The minimum Gasteiger partial charge on any atom is -0.393 e. The highest BCUT2D eigenvalue weighted by molar-refractivity contribution is 5.99. The number of aryl methyl sites for hydroxylation is 1. The second kappa shape index (κ2) is 6.95. The molecule has 3 atom stereocenters. The van der Waals surface area contributed by atoms with Crippen molar-refractivity contribution in [1.29, 1.82) is 5.26 Å². The summed E-state index contributed by atoms with van der Waals surface area (Å²) < 4.78 is 2.07. The Morgan fingerprint density at radius 2 is 1.81 bits per heavy atom. The molecule has 0 unspecified atom stereocenters. The lowest BCUT2D eigenvalue weighted by molar-refractivity contribution is 0.0344. The van der Waals surface area contributed by atoms with E-state index < -0.39 is 0 Å². The lowest BCUT2D eigenvalue weighted by Gasteiger charge is -2.36. The summed E-state index contributed by atoms with van der Waals surface area (Å²) in [5.74, 6) is 0.149. The molecule has 2 aromatic rings. The Balaban J connectivity index is 1.58. The Hall–Kier alpha value is -2.42. The maximum absolute atomic E-state index is 13.1. The maximum Gasteiger partial charge on any atom is 0.178 e. The summed E-state index contributed by atoms with van der Waals surface area (Å²) in [4.78, 5) is 15.4. The summed E-state index contributed by atoms with van der Waals surface area (Å²) in [6.07, 6.45) is 3.52. The fraction of sp³-hybridized carbons (Fsp3) is 0.455. The number of carbonyl (C=O) groups is 1. The number of nitriles is 1. The number of benzene rings is 1. The van der Waals surface area contributed by atoms with Gasteiger partial charge < -0.3 is 9.67 Å². The van der Waals surface area contributed by atoms with Crippen LogP contribution in [0.15, 0.2) is 30.3 Å². The number of Topliss-reactive ketones (excluding diaryl/α,β-unsaturated/α-hetero) is 1. The topological polar surface area (TPSA) is 69.3 Å². The fourth-order valence-electron chi connectivity index (χ4n) is 4.88. The summed E-state index contributed by atoms with van der Waals surface area (Å²) >= 11 is 0. The summed E-state index contributed by atoms with van der Waals surface area (Å²) in [6.45, 7) is 4.41. The minimum atomic E-state index is -0.213. The molecular formula is C22H25N3O2. The number of fused-ring (bicyclic) bond motifs is 2. The van der Waals surface area contributed by atoms with Crippen LogP contribution in [0.3, 0.4) is 0 Å². The van der Waals surface area contributed by atoms with Crippen molar-refractivity contribution in [2.45, 2.75) is 57.7 Å². The summed E-state index contributed by atoms with van der Waals surface area (Å²) in [5.41, 5.74) is 4.30. The number of hydrogen-bond donors (Lipinski definition) is 1. The van der Waals surface area contributed by atoms with Crippen LogP contribution in [0, 0.1) is 25.2 Å². The predicted octanol–water partition coefficient (Wildman–Crippen LogP) is 3.14. The van der Waals surface area contributed by atoms with Crippen molar-refractivity contribution in [1.82, 2.24) is 9.47 Å². The van der Waals surface area contributed by atoms with Gasteiger partial charge in [-0.2, -0.15) is 5.26 Å². The molecule has 2 aliphatic rings. The molecule has 2 saturated heterocycles. The molecule has 1 N–H and O–H groups in total. The quantitative estimate of drug-likeness (QED) is 0.848. The van der Waals surface area contributed by atoms with E-state index in [2.05, 4.69) is 15.5 Å². The molecule has 0 aliphatic carbocycles. The van der Waals surface area contributed by atoms with Gasteiger partial charge in [0.25, 0.3) is 0 Å². The predicted molar refractivity (Wildman–Crippen MR) is 103 cm³/mol. The van der Waals surface area contributed by atoms with Crippen LogP contribution >= 0.6 is 0 Å². The highest BCUT2D eigenvalue weighted by Crippen LogP contribution is 2.36. The van der Waals surface area contributed by atoms with Crippen molar-refractivity contribution >= 4 is 5.78 Å². The van der Waals surface area contributed by atoms with E-state index in [-0.39, 0.29) is 11.9 Å². The molecule has 0 saturated carbocycles. The zero-order valence-electron chi connectivity index (χ0n) is 15.9. The van der Waals surface area contributed by atoms with Crippen LogP contribution in [-0.2, 0) is 0 Å². The van der Waals surface area contributed by atoms with E-state index in [1.165, 1.54) is 0 Å². The van der Waals surface area contributed by atoms with E-state index in [4.69, 9.17) is 5.26 Å². The number of carbonyl (C=O) groups excluding carboxylic acids is 1. The van der Waals surface area contributed by atoms with Crippen LogP contribution in [0.1, 0.15) is 53.0 Å². The molecule has 0 amide bonds. The van der Waals surface area contributed by atoms with Gasteiger partial charge in [0.05, 0.1) is 24.3 Å². The number of aromatic nitrogens is 1. The highest BCUT2D eigenvalue weighted by Gasteiger charge is 2.41. The van der Waals surface area contributed by atoms with Crippen LogP contribution in [0.2, 0.25) is 0 Å². The molecule has 27 heavy (non-hydrogen) atoms. The average molecular weight is 363 g/mol. The molecule has 0 spiro atoms. The van der Waals surface area contributed by atoms with Gasteiger partial charge in [-0.05, 0) is 69.9 Å². The van der Waals surface area contributed by atoms with Crippen molar-refractivity contribution in [3.05, 3.63) is 52.8 Å². The molecule has 0 radical (unpaired) electrons. The Kier molecular flexibility index (Phi) is 4.63. The molecule has 2 fully saturated rings. The number of ketones is 1. The number of rotatable bonds is 4. The SMILES string of the molecule is Cc1cc(C(=O)CN2[C@@H]3CC[C@H]2C[C@H](O)C3)c(C)n1-c1ccc(C#N)cc1. The van der Waals surface area contributed by atoms with Gasteiger partial charge in [-0.25, -0.2) is 0 Å². The number of aliphatic hydroxyl groups excluding tert-OH is 1. The number of piperidine rings is 1. The Bertz CT molecular complexity index is 893. The van der Waals surface area contributed by atoms with Gasteiger partial charge in [0, 0.05) is 34.7 Å². The average Bonchev–Trinajstić information content (AvgIpc) is 3.07. The van der Waals surface area contributed by atoms with Gasteiger partial charge in [-0.3, -0.25) is 9.69 Å². The number of nitrogens with zero attached hydrogens (tertiary/aromatic N) is 3. The van der Waals surface area contributed by atoms with E-state index in [9.17, 15) is 9.90 Å². The standard InChI is InChI=1S/C22H25N3O2/c1-14-9-21(15(2)25(14)17-5-3-16(12-23)4-6-17)22(27)13-24-18-7-8-19(24)11-20(26)10-18/h3-6,9,18-20,26H,7-8,10-11,13H2,1-2H3/t18-,19+,20-. The lowest BCUT2D eigenvalue weighted by Crippen LogP contribution is -2.46. The fourth-order valence-corrected chi connectivity index (χ4v) is 4.88. The molecule has 5 heteroatoms. The van der Waals surface area contributed by atoms with Crippen LogP contribution in [0.25, 0.3) is 5.69 Å². The minimum absolute atomic E-state index is 0.149. The normalized spacial score (nSPS) is 24.7. The van der Waals surface area contributed by atoms with Crippen molar-refractivity contribution in [3.63, 3.8) is 0 Å². The van der Waals surface area contributed by atoms with Crippen LogP contribution in [-0.4, -0.2) is 45.1 Å². The number of aliphatic hydroxyl groups is 1. The maximum atomic E-state index is 13.1. The first-order valence-electron chi connectivity index (χ1n) is 9.64. The van der Waals surface area contributed by atoms with Gasteiger partial charge in [0.1, 0.15) is 0 Å². The van der Waals surface area contributed by atoms with Gasteiger partial charge >= 0.3 is 0 Å². The Morgan fingerprint density at radius 3 is 2.41 bits per heavy atom. The molecule has 5 nitrogen and oxygen atoms in total. The zero-order chi connectivity index (χ0) is 19.1.